The number of anilines is 1. The highest BCUT2D eigenvalue weighted by Crippen LogP contribution is 2.22. The zero-order valence-corrected chi connectivity index (χ0v) is 7.94. The van der Waals surface area contributed by atoms with E-state index in [4.69, 9.17) is 5.73 Å². The molecule has 1 aromatic rings. The molecule has 2 rings (SSSR count). The Hall–Kier alpha value is -1.52. The van der Waals surface area contributed by atoms with Crippen LogP contribution in [0.1, 0.15) is 19.3 Å². The SMILES string of the molecule is NC(=O)Cn1cc(NC2CCC2)cn1. The molecule has 0 bridgehead atoms. The van der Waals surface area contributed by atoms with Gasteiger partial charge in [-0.05, 0) is 19.3 Å². The standard InChI is InChI=1S/C9H14N4O/c10-9(14)6-13-5-8(4-11-13)12-7-2-1-3-7/h4-5,7,12H,1-3,6H2,(H2,10,14). The van der Waals surface area contributed by atoms with Crippen LogP contribution < -0.4 is 11.1 Å². The van der Waals surface area contributed by atoms with Gasteiger partial charge in [0.05, 0.1) is 11.9 Å². The van der Waals surface area contributed by atoms with Crippen LogP contribution in [-0.2, 0) is 11.3 Å². The van der Waals surface area contributed by atoms with Crippen molar-refractivity contribution in [3.63, 3.8) is 0 Å². The maximum Gasteiger partial charge on any atom is 0.239 e. The number of nitrogens with one attached hydrogen (secondary N) is 1. The first-order valence-corrected chi connectivity index (χ1v) is 4.81. The second-order valence-corrected chi connectivity index (χ2v) is 3.67. The van der Waals surface area contributed by atoms with Crippen LogP contribution in [0.15, 0.2) is 12.4 Å². The molecule has 0 aliphatic heterocycles. The Morgan fingerprint density at radius 2 is 2.50 bits per heavy atom. The lowest BCUT2D eigenvalue weighted by Crippen LogP contribution is -2.26. The third kappa shape index (κ3) is 2.04. The number of hydrogen-bond acceptors (Lipinski definition) is 3. The molecule has 1 aliphatic rings. The smallest absolute Gasteiger partial charge is 0.239 e. The molecule has 1 fully saturated rings. The Morgan fingerprint density at radius 3 is 3.07 bits per heavy atom. The Bertz CT molecular complexity index is 329. The van der Waals surface area contributed by atoms with Crippen molar-refractivity contribution in [2.24, 2.45) is 5.73 Å². The minimum absolute atomic E-state index is 0.145. The number of nitrogens with two attached hydrogens (primary N) is 1. The first-order valence-electron chi connectivity index (χ1n) is 4.81. The largest absolute Gasteiger partial charge is 0.380 e. The number of carbonyl (C=O) groups excluding carboxylic acids is 1. The average molecular weight is 194 g/mol. The minimum atomic E-state index is -0.372. The Morgan fingerprint density at radius 1 is 1.71 bits per heavy atom. The number of carbonyl (C=O) groups is 1. The predicted molar refractivity (Wildman–Crippen MR) is 52.7 cm³/mol. The van der Waals surface area contributed by atoms with Crippen LogP contribution in [-0.4, -0.2) is 21.7 Å². The molecule has 5 nitrogen and oxygen atoms in total. The van der Waals surface area contributed by atoms with E-state index in [0.717, 1.165) is 5.69 Å². The van der Waals surface area contributed by atoms with Gasteiger partial charge in [0.25, 0.3) is 0 Å². The van der Waals surface area contributed by atoms with E-state index in [2.05, 4.69) is 10.4 Å². The van der Waals surface area contributed by atoms with E-state index in [1.807, 2.05) is 6.20 Å². The van der Waals surface area contributed by atoms with Crippen molar-refractivity contribution < 1.29 is 4.79 Å². The summed E-state index contributed by atoms with van der Waals surface area (Å²) in [6.45, 7) is 0.145. The van der Waals surface area contributed by atoms with Gasteiger partial charge in [-0.2, -0.15) is 5.10 Å². The van der Waals surface area contributed by atoms with Crippen molar-refractivity contribution in [1.29, 1.82) is 0 Å². The van der Waals surface area contributed by atoms with Crippen LogP contribution in [0.5, 0.6) is 0 Å². The van der Waals surface area contributed by atoms with Crippen LogP contribution in [0.2, 0.25) is 0 Å². The van der Waals surface area contributed by atoms with Crippen molar-refractivity contribution >= 4 is 11.6 Å². The summed E-state index contributed by atoms with van der Waals surface area (Å²) in [4.78, 5) is 10.6. The quantitative estimate of drug-likeness (QED) is 0.725. The van der Waals surface area contributed by atoms with Crippen LogP contribution in [0, 0.1) is 0 Å². The molecule has 0 aromatic carbocycles. The fraction of sp³-hybridized carbons (Fsp3) is 0.556. The fourth-order valence-corrected chi connectivity index (χ4v) is 1.47. The van der Waals surface area contributed by atoms with Gasteiger partial charge in [0.15, 0.2) is 0 Å². The third-order valence-electron chi connectivity index (χ3n) is 2.43. The summed E-state index contributed by atoms with van der Waals surface area (Å²) in [6.07, 6.45) is 7.28. The van der Waals surface area contributed by atoms with Crippen LogP contribution in [0.3, 0.4) is 0 Å². The number of nitrogens with zero attached hydrogens (tertiary/aromatic N) is 2. The van der Waals surface area contributed by atoms with Gasteiger partial charge in [-0.1, -0.05) is 0 Å². The molecule has 0 atom stereocenters. The molecular formula is C9H14N4O. The molecule has 0 unspecified atom stereocenters. The van der Waals surface area contributed by atoms with Gasteiger partial charge in [0.1, 0.15) is 6.54 Å². The molecule has 1 heterocycles. The summed E-state index contributed by atoms with van der Waals surface area (Å²) in [5, 5.41) is 7.36. The minimum Gasteiger partial charge on any atom is -0.380 e. The van der Waals surface area contributed by atoms with E-state index in [0.29, 0.717) is 6.04 Å². The summed E-state index contributed by atoms with van der Waals surface area (Å²) in [5.74, 6) is -0.372. The number of hydrogen-bond donors (Lipinski definition) is 2. The molecular weight excluding hydrogens is 180 g/mol. The maximum absolute atomic E-state index is 10.6. The van der Waals surface area contributed by atoms with Gasteiger partial charge < -0.3 is 11.1 Å². The molecule has 1 aliphatic carbocycles. The first-order chi connectivity index (χ1) is 6.74. The lowest BCUT2D eigenvalue weighted by Gasteiger charge is -2.26. The monoisotopic (exact) mass is 194 g/mol. The van der Waals surface area contributed by atoms with E-state index < -0.39 is 0 Å². The second kappa shape index (κ2) is 3.69. The van der Waals surface area contributed by atoms with Crippen LogP contribution in [0.25, 0.3) is 0 Å². The van der Waals surface area contributed by atoms with Crippen molar-refractivity contribution in [3.8, 4) is 0 Å². The summed E-state index contributed by atoms with van der Waals surface area (Å²) >= 11 is 0. The molecule has 0 saturated heterocycles. The van der Waals surface area contributed by atoms with E-state index in [9.17, 15) is 4.79 Å². The Balaban J connectivity index is 1.91. The summed E-state index contributed by atoms with van der Waals surface area (Å²) in [6, 6.07) is 0.584. The zero-order chi connectivity index (χ0) is 9.97. The molecule has 1 aromatic heterocycles. The molecule has 0 radical (unpaired) electrons. The molecule has 1 amide bonds. The highest BCUT2D eigenvalue weighted by molar-refractivity contribution is 5.73. The summed E-state index contributed by atoms with van der Waals surface area (Å²) in [7, 11) is 0. The Labute approximate surface area is 82.3 Å². The predicted octanol–water partition coefficient (Wildman–Crippen LogP) is 0.333. The number of amides is 1. The van der Waals surface area contributed by atoms with Gasteiger partial charge in [-0.25, -0.2) is 0 Å². The van der Waals surface area contributed by atoms with Gasteiger partial charge in [0.2, 0.25) is 5.91 Å². The summed E-state index contributed by atoms with van der Waals surface area (Å²) in [5.41, 5.74) is 6.02. The maximum atomic E-state index is 10.6. The van der Waals surface area contributed by atoms with Crippen molar-refractivity contribution in [1.82, 2.24) is 9.78 Å². The van der Waals surface area contributed by atoms with Crippen molar-refractivity contribution in [2.75, 3.05) is 5.32 Å². The van der Waals surface area contributed by atoms with E-state index >= 15 is 0 Å². The molecule has 14 heavy (non-hydrogen) atoms. The summed E-state index contributed by atoms with van der Waals surface area (Å²) < 4.78 is 1.54. The molecule has 1 saturated carbocycles. The lowest BCUT2D eigenvalue weighted by molar-refractivity contribution is -0.118. The van der Waals surface area contributed by atoms with Gasteiger partial charge in [-0.3, -0.25) is 9.48 Å². The topological polar surface area (TPSA) is 72.9 Å². The molecule has 0 spiro atoms. The lowest BCUT2D eigenvalue weighted by atomic mass is 9.93. The van der Waals surface area contributed by atoms with Crippen LogP contribution >= 0.6 is 0 Å². The third-order valence-corrected chi connectivity index (χ3v) is 2.43. The normalized spacial score (nSPS) is 16.3. The average Bonchev–Trinajstić information content (AvgIpc) is 2.44. The van der Waals surface area contributed by atoms with Gasteiger partial charge in [0, 0.05) is 12.2 Å². The van der Waals surface area contributed by atoms with E-state index in [1.165, 1.54) is 19.3 Å². The van der Waals surface area contributed by atoms with E-state index in [-0.39, 0.29) is 12.5 Å². The number of rotatable bonds is 4. The fourth-order valence-electron chi connectivity index (χ4n) is 1.47. The van der Waals surface area contributed by atoms with Crippen molar-refractivity contribution in [2.45, 2.75) is 31.8 Å². The number of aromatic nitrogens is 2. The second-order valence-electron chi connectivity index (χ2n) is 3.67. The highest BCUT2D eigenvalue weighted by atomic mass is 16.1. The molecule has 3 N–H and O–H groups in total. The Kier molecular flexibility index (Phi) is 2.39. The molecule has 5 heteroatoms. The highest BCUT2D eigenvalue weighted by Gasteiger charge is 2.17. The van der Waals surface area contributed by atoms with Gasteiger partial charge >= 0.3 is 0 Å². The first kappa shape index (κ1) is 9.05. The van der Waals surface area contributed by atoms with Crippen LogP contribution in [0.4, 0.5) is 5.69 Å². The van der Waals surface area contributed by atoms with Crippen molar-refractivity contribution in [3.05, 3.63) is 12.4 Å². The molecule has 76 valence electrons. The van der Waals surface area contributed by atoms with E-state index in [1.54, 1.807) is 10.9 Å². The zero-order valence-electron chi connectivity index (χ0n) is 7.94. The number of primary amides is 1. The van der Waals surface area contributed by atoms with Gasteiger partial charge in [-0.15, -0.1) is 0 Å².